The summed E-state index contributed by atoms with van der Waals surface area (Å²) in [4.78, 5) is 61.8. The lowest BCUT2D eigenvalue weighted by atomic mass is 10.4. The number of nitrogens with zero attached hydrogens (tertiary/aromatic N) is 2. The summed E-state index contributed by atoms with van der Waals surface area (Å²) in [6.07, 6.45) is 0.196. The Morgan fingerprint density at radius 2 is 0.857 bits per heavy atom. The number of hydrogen-bond acceptors (Lipinski definition) is 10. The summed E-state index contributed by atoms with van der Waals surface area (Å²) in [7, 11) is 0. The van der Waals surface area contributed by atoms with E-state index < -0.39 is 23.9 Å². The molecule has 0 rings (SSSR count). The van der Waals surface area contributed by atoms with Crippen molar-refractivity contribution in [1.82, 2.24) is 10.5 Å². The molecule has 10 heteroatoms. The minimum atomic E-state index is -0.673. The fourth-order valence-corrected chi connectivity index (χ4v) is 1.12. The summed E-state index contributed by atoms with van der Waals surface area (Å²) < 4.78 is 0. The Balaban J connectivity index is 4.34. The molecule has 0 saturated heterocycles. The van der Waals surface area contributed by atoms with Gasteiger partial charge in [-0.25, -0.2) is 0 Å². The van der Waals surface area contributed by atoms with Gasteiger partial charge in [-0.15, -0.1) is 0 Å². The van der Waals surface area contributed by atoms with Gasteiger partial charge in [0.1, 0.15) is 0 Å². The van der Waals surface area contributed by atoms with Crippen molar-refractivity contribution in [2.75, 3.05) is 13.1 Å². The van der Waals surface area contributed by atoms with Crippen LogP contribution in [0.25, 0.3) is 0 Å². The van der Waals surface area contributed by atoms with E-state index in [4.69, 9.17) is 0 Å². The molecule has 0 unspecified atom stereocenters. The van der Waals surface area contributed by atoms with Gasteiger partial charge in [0.2, 0.25) is 0 Å². The number of hydrogen-bond donors (Lipinski definition) is 0. The van der Waals surface area contributed by atoms with Gasteiger partial charge in [-0.3, -0.25) is 19.2 Å². The average molecular weight is 306 g/mol. The molecule has 0 aromatic carbocycles. The second-order valence-electron chi connectivity index (χ2n) is 3.80. The van der Waals surface area contributed by atoms with E-state index in [-0.39, 0.29) is 19.5 Å². The molecule has 120 valence electrons. The third-order valence-corrected chi connectivity index (χ3v) is 1.60. The molecule has 0 amide bonds. The highest BCUT2D eigenvalue weighted by Gasteiger charge is 2.16. The van der Waals surface area contributed by atoms with Crippen molar-refractivity contribution in [3.8, 4) is 0 Å². The van der Waals surface area contributed by atoms with E-state index in [0.717, 1.165) is 27.7 Å². The van der Waals surface area contributed by atoms with E-state index in [9.17, 15) is 19.2 Å². The lowest BCUT2D eigenvalue weighted by Gasteiger charge is -2.20. The molecule has 0 bridgehead atoms. The maximum absolute atomic E-state index is 10.8. The Morgan fingerprint density at radius 3 is 1.05 bits per heavy atom. The van der Waals surface area contributed by atoms with E-state index in [1.807, 2.05) is 0 Å². The van der Waals surface area contributed by atoms with Crippen molar-refractivity contribution >= 4 is 23.9 Å². The first kappa shape index (κ1) is 18.8. The number of carbonyl (C=O) groups is 4. The van der Waals surface area contributed by atoms with Crippen molar-refractivity contribution in [2.24, 2.45) is 0 Å². The number of hydroxylamine groups is 4. The molecule has 0 spiro atoms. The van der Waals surface area contributed by atoms with E-state index in [0.29, 0.717) is 10.5 Å². The van der Waals surface area contributed by atoms with Crippen LogP contribution >= 0.6 is 0 Å². The van der Waals surface area contributed by atoms with Gasteiger partial charge < -0.3 is 19.4 Å². The minimum absolute atomic E-state index is 0.0157. The minimum Gasteiger partial charge on any atom is -0.333 e. The van der Waals surface area contributed by atoms with E-state index in [1.165, 1.54) is 0 Å². The Kier molecular flexibility index (Phi) is 8.65. The molecule has 0 aliphatic rings. The van der Waals surface area contributed by atoms with Gasteiger partial charge in [-0.2, -0.15) is 0 Å². The van der Waals surface area contributed by atoms with Crippen LogP contribution in [-0.2, 0) is 38.5 Å². The van der Waals surface area contributed by atoms with E-state index >= 15 is 0 Å². The lowest BCUT2D eigenvalue weighted by molar-refractivity contribution is -0.335. The van der Waals surface area contributed by atoms with E-state index in [1.54, 1.807) is 0 Å². The van der Waals surface area contributed by atoms with Gasteiger partial charge in [-0.1, -0.05) is 0 Å². The summed E-state index contributed by atoms with van der Waals surface area (Å²) >= 11 is 0. The van der Waals surface area contributed by atoms with Crippen LogP contribution in [-0.4, -0.2) is 47.4 Å². The van der Waals surface area contributed by atoms with Crippen LogP contribution in [0.1, 0.15) is 34.1 Å². The lowest BCUT2D eigenvalue weighted by Crippen LogP contribution is -2.34. The zero-order valence-electron chi connectivity index (χ0n) is 12.3. The molecule has 0 aliphatic carbocycles. The Morgan fingerprint density at radius 1 is 0.619 bits per heavy atom. The van der Waals surface area contributed by atoms with Crippen LogP contribution < -0.4 is 0 Å². The molecule has 21 heavy (non-hydrogen) atoms. The predicted molar refractivity (Wildman–Crippen MR) is 65.1 cm³/mol. The van der Waals surface area contributed by atoms with Gasteiger partial charge >= 0.3 is 23.9 Å². The summed E-state index contributed by atoms with van der Waals surface area (Å²) in [5.41, 5.74) is 0. The first-order valence-electron chi connectivity index (χ1n) is 6.00. The van der Waals surface area contributed by atoms with Crippen LogP contribution in [0.5, 0.6) is 0 Å². The molecular formula is C11H18N2O8. The van der Waals surface area contributed by atoms with Crippen molar-refractivity contribution in [3.63, 3.8) is 0 Å². The molecule has 0 aromatic rings. The summed E-state index contributed by atoms with van der Waals surface area (Å²) in [5.74, 6) is -2.69. The summed E-state index contributed by atoms with van der Waals surface area (Å²) in [6, 6.07) is 0. The van der Waals surface area contributed by atoms with Crippen molar-refractivity contribution in [3.05, 3.63) is 0 Å². The predicted octanol–water partition coefficient (Wildman–Crippen LogP) is -0.107. The molecule has 0 aliphatic heterocycles. The van der Waals surface area contributed by atoms with Crippen LogP contribution in [0.15, 0.2) is 0 Å². The third kappa shape index (κ3) is 11.3. The maximum atomic E-state index is 10.8. The largest absolute Gasteiger partial charge is 0.333 e. The van der Waals surface area contributed by atoms with Gasteiger partial charge in [0, 0.05) is 38.1 Å². The molecule has 0 fully saturated rings. The van der Waals surface area contributed by atoms with Gasteiger partial charge in [0.05, 0.1) is 13.1 Å². The monoisotopic (exact) mass is 306 g/mol. The fraction of sp³-hybridized carbons (Fsp3) is 0.636. The number of rotatable bonds is 8. The molecule has 0 heterocycles. The molecule has 10 nitrogen and oxygen atoms in total. The first-order chi connectivity index (χ1) is 9.70. The summed E-state index contributed by atoms with van der Waals surface area (Å²) in [6.45, 7) is 4.53. The Bertz CT molecular complexity index is 330. The first-order valence-corrected chi connectivity index (χ1v) is 6.00. The van der Waals surface area contributed by atoms with Gasteiger partial charge in [-0.05, 0) is 6.42 Å². The van der Waals surface area contributed by atoms with Crippen LogP contribution in [0.4, 0.5) is 0 Å². The Hall–Kier alpha value is -2.20. The summed E-state index contributed by atoms with van der Waals surface area (Å²) in [5, 5.41) is 1.37. The standard InChI is InChI=1S/C11H18N2O8/c1-8(14)18-12(19-9(2)15)6-5-7-13(20-10(3)16)21-11(4)17/h5-7H2,1-4H3. The third-order valence-electron chi connectivity index (χ3n) is 1.60. The Labute approximate surface area is 121 Å². The van der Waals surface area contributed by atoms with Gasteiger partial charge in [0.15, 0.2) is 0 Å². The average Bonchev–Trinajstić information content (AvgIpc) is 2.24. The number of carbonyl (C=O) groups excluding carboxylic acids is 4. The van der Waals surface area contributed by atoms with Gasteiger partial charge in [0.25, 0.3) is 0 Å². The maximum Gasteiger partial charge on any atom is 0.326 e. The second-order valence-corrected chi connectivity index (χ2v) is 3.80. The van der Waals surface area contributed by atoms with Crippen LogP contribution in [0.3, 0.4) is 0 Å². The quantitative estimate of drug-likeness (QED) is 0.563. The molecule has 0 N–H and O–H groups in total. The second kappa shape index (κ2) is 9.66. The highest BCUT2D eigenvalue weighted by Crippen LogP contribution is 2.01. The van der Waals surface area contributed by atoms with Crippen molar-refractivity contribution in [2.45, 2.75) is 34.1 Å². The SMILES string of the molecule is CC(=O)ON(CCCN(OC(C)=O)OC(C)=O)OC(C)=O. The normalized spacial score (nSPS) is 10.2. The molecule has 0 radical (unpaired) electrons. The van der Waals surface area contributed by atoms with E-state index in [2.05, 4.69) is 19.4 Å². The molecule has 0 aromatic heterocycles. The van der Waals surface area contributed by atoms with Crippen LogP contribution in [0, 0.1) is 0 Å². The molecule has 0 atom stereocenters. The van der Waals surface area contributed by atoms with Crippen molar-refractivity contribution in [1.29, 1.82) is 0 Å². The topological polar surface area (TPSA) is 112 Å². The molecular weight excluding hydrogens is 288 g/mol. The highest BCUT2D eigenvalue weighted by molar-refractivity contribution is 5.67. The van der Waals surface area contributed by atoms with Crippen LogP contribution in [0.2, 0.25) is 0 Å². The highest BCUT2D eigenvalue weighted by atomic mass is 17.0. The smallest absolute Gasteiger partial charge is 0.326 e. The zero-order valence-corrected chi connectivity index (χ0v) is 12.3. The van der Waals surface area contributed by atoms with Crippen molar-refractivity contribution < 1.29 is 38.5 Å². The fourth-order valence-electron chi connectivity index (χ4n) is 1.12. The zero-order chi connectivity index (χ0) is 16.4. The molecule has 0 saturated carbocycles.